The predicted octanol–water partition coefficient (Wildman–Crippen LogP) is 13.9. The Morgan fingerprint density at radius 3 is 2.00 bits per heavy atom. The van der Waals surface area contributed by atoms with Gasteiger partial charge >= 0.3 is 0 Å². The van der Waals surface area contributed by atoms with Gasteiger partial charge in [0.15, 0.2) is 0 Å². The third-order valence-corrected chi connectivity index (χ3v) is 14.1. The van der Waals surface area contributed by atoms with Crippen LogP contribution in [-0.2, 0) is 5.41 Å². The van der Waals surface area contributed by atoms with E-state index in [1.54, 1.807) is 0 Å². The van der Waals surface area contributed by atoms with E-state index < -0.39 is 0 Å². The molecule has 8 aromatic rings. The lowest BCUT2D eigenvalue weighted by molar-refractivity contribution is 0.418. The first-order valence-corrected chi connectivity index (χ1v) is 24.0. The van der Waals surface area contributed by atoms with Crippen LogP contribution in [0, 0.1) is 13.8 Å². The molecule has 1 aliphatic carbocycles. The van der Waals surface area contributed by atoms with Crippen LogP contribution in [0.3, 0.4) is 0 Å². The summed E-state index contributed by atoms with van der Waals surface area (Å²) >= 11 is 0. The average molecular weight is 872 g/mol. The number of hydrogen-bond donors (Lipinski definition) is 0. The number of aryl methyl sites for hydroxylation is 1. The molecule has 3 nitrogen and oxygen atoms in total. The Labute approximate surface area is 397 Å². The van der Waals surface area contributed by atoms with Crippen molar-refractivity contribution in [3.05, 3.63) is 214 Å². The molecule has 0 amide bonds. The fourth-order valence-electron chi connectivity index (χ4n) is 10.5. The van der Waals surface area contributed by atoms with Crippen molar-refractivity contribution in [3.63, 3.8) is 0 Å². The van der Waals surface area contributed by atoms with E-state index in [1.807, 2.05) is 6.07 Å². The van der Waals surface area contributed by atoms with Gasteiger partial charge in [-0.3, -0.25) is 0 Å². The molecule has 11 rings (SSSR count). The highest BCUT2D eigenvalue weighted by molar-refractivity contribution is 6.98. The van der Waals surface area contributed by atoms with E-state index in [9.17, 15) is 0 Å². The van der Waals surface area contributed by atoms with E-state index in [1.165, 1.54) is 71.0 Å². The van der Waals surface area contributed by atoms with Gasteiger partial charge in [-0.2, -0.15) is 0 Å². The van der Waals surface area contributed by atoms with Crippen LogP contribution in [0.25, 0.3) is 34.1 Å². The zero-order valence-corrected chi connectivity index (χ0v) is 39.9. The number of anilines is 3. The van der Waals surface area contributed by atoms with Crippen molar-refractivity contribution in [3.8, 4) is 34.1 Å². The van der Waals surface area contributed by atoms with Gasteiger partial charge in [0.25, 0.3) is 6.71 Å². The topological polar surface area (TPSA) is 21.7 Å². The van der Waals surface area contributed by atoms with E-state index in [0.717, 1.165) is 64.9 Å². The van der Waals surface area contributed by atoms with Crippen LogP contribution < -0.4 is 41.2 Å². The number of hydrogen-bond acceptors (Lipinski definition) is 3. The van der Waals surface area contributed by atoms with Crippen molar-refractivity contribution in [2.75, 3.05) is 4.90 Å². The standard InChI is InChI=1S/C55H44BNO2.C8H14/c1-35-15-14-24-51-53(35)56(54-36(2)42-18-8-9-19-43(42)44-20-10-11-21-45(44)54)48-31-29-41(34-52(48)59-51)57(39-27-25-38(26-28-39)37-16-6-5-7-17-37)40-30-32-50-47(33-40)55(3,4)46-22-12-13-23-49(46)58-50;1-4-6-7-8(3)5-2/h5-7,10-34H,8-9H2,1-4H3;5-7H,4H2,1-3H3/b;7-6-,8-5-. The third-order valence-electron chi connectivity index (χ3n) is 14.1. The second-order valence-electron chi connectivity index (χ2n) is 18.6. The van der Waals surface area contributed by atoms with Crippen LogP contribution in [0.4, 0.5) is 17.1 Å². The molecule has 8 aromatic carbocycles. The largest absolute Gasteiger partial charge is 0.458 e. The van der Waals surface area contributed by atoms with Crippen molar-refractivity contribution in [2.24, 2.45) is 0 Å². The lowest BCUT2D eigenvalue weighted by atomic mass is 9.34. The van der Waals surface area contributed by atoms with Crippen LogP contribution in [-0.4, -0.2) is 6.71 Å². The van der Waals surface area contributed by atoms with E-state index in [2.05, 4.69) is 235 Å². The lowest BCUT2D eigenvalue weighted by Gasteiger charge is -2.36. The van der Waals surface area contributed by atoms with E-state index in [-0.39, 0.29) is 12.1 Å². The molecule has 4 heteroatoms. The van der Waals surface area contributed by atoms with Crippen molar-refractivity contribution in [1.29, 1.82) is 0 Å². The van der Waals surface area contributed by atoms with E-state index in [0.29, 0.717) is 0 Å². The Bertz CT molecular complexity index is 3360. The Morgan fingerprint density at radius 1 is 0.597 bits per heavy atom. The first-order chi connectivity index (χ1) is 32.7. The molecule has 0 bridgehead atoms. The summed E-state index contributed by atoms with van der Waals surface area (Å²) in [7, 11) is 0. The summed E-state index contributed by atoms with van der Waals surface area (Å²) in [6.45, 7) is 15.4. The number of fused-ring (bicyclic) bond motifs is 7. The smallest absolute Gasteiger partial charge is 0.252 e. The van der Waals surface area contributed by atoms with Gasteiger partial charge < -0.3 is 14.4 Å². The van der Waals surface area contributed by atoms with Gasteiger partial charge in [0, 0.05) is 39.7 Å². The van der Waals surface area contributed by atoms with Crippen LogP contribution in [0.1, 0.15) is 76.1 Å². The summed E-state index contributed by atoms with van der Waals surface area (Å²) in [5.74, 6) is 3.61. The zero-order valence-electron chi connectivity index (χ0n) is 39.9. The molecule has 2 heterocycles. The number of para-hydroxylation sites is 1. The van der Waals surface area contributed by atoms with Crippen LogP contribution >= 0.6 is 0 Å². The molecular formula is C63H58BNO2. The molecule has 0 aromatic heterocycles. The van der Waals surface area contributed by atoms with Crippen molar-refractivity contribution >= 4 is 63.1 Å². The van der Waals surface area contributed by atoms with Gasteiger partial charge in [0.05, 0.1) is 0 Å². The third kappa shape index (κ3) is 7.99. The second-order valence-corrected chi connectivity index (χ2v) is 18.6. The highest BCUT2D eigenvalue weighted by atomic mass is 16.5. The predicted molar refractivity (Wildman–Crippen MR) is 286 cm³/mol. The fraction of sp³-hybridized carbons (Fsp3) is 0.175. The summed E-state index contributed by atoms with van der Waals surface area (Å²) < 4.78 is 13.5. The van der Waals surface area contributed by atoms with Crippen LogP contribution in [0.5, 0.6) is 23.0 Å². The monoisotopic (exact) mass is 871 g/mol. The van der Waals surface area contributed by atoms with E-state index in [4.69, 9.17) is 9.47 Å². The Balaban J connectivity index is 0.000000604. The molecule has 0 N–H and O–H groups in total. The summed E-state index contributed by atoms with van der Waals surface area (Å²) in [6.07, 6.45) is 14.6. The summed E-state index contributed by atoms with van der Waals surface area (Å²) in [6, 6.07) is 56.9. The molecule has 0 saturated heterocycles. The molecular weight excluding hydrogens is 814 g/mol. The Kier molecular flexibility index (Phi) is 11.8. The Morgan fingerprint density at radius 2 is 1.22 bits per heavy atom. The average Bonchev–Trinajstić information content (AvgIpc) is 3.36. The first kappa shape index (κ1) is 43.6. The highest BCUT2D eigenvalue weighted by Crippen LogP contribution is 2.50. The van der Waals surface area contributed by atoms with Gasteiger partial charge in [-0.15, -0.1) is 0 Å². The zero-order chi connectivity index (χ0) is 46.2. The molecule has 67 heavy (non-hydrogen) atoms. The molecule has 0 atom stereocenters. The molecule has 0 spiro atoms. The minimum Gasteiger partial charge on any atom is -0.458 e. The maximum atomic E-state index is 7.02. The molecule has 2 aliphatic heterocycles. The SMILES string of the molecule is C/C=C(C)\C=C/CC.Cc1cccc2c1B(c1c(C)c3c(c4ccccc14)=CCCC=3)c1ccc(N(c3ccc(-c4ccccc4)cc3)c3ccc4c(c3)C(C)(C)c3ccccc3O4)cc1O2. The van der Waals surface area contributed by atoms with Crippen molar-refractivity contribution in [1.82, 2.24) is 0 Å². The Hall–Kier alpha value is -7.30. The molecule has 0 unspecified atom stereocenters. The fourth-order valence-corrected chi connectivity index (χ4v) is 10.5. The van der Waals surface area contributed by atoms with Gasteiger partial charge in [0.2, 0.25) is 0 Å². The quantitative estimate of drug-likeness (QED) is 0.118. The number of rotatable bonds is 7. The molecule has 330 valence electrons. The number of nitrogens with zero attached hydrogens (tertiary/aromatic N) is 1. The summed E-state index contributed by atoms with van der Waals surface area (Å²) in [4.78, 5) is 2.36. The van der Waals surface area contributed by atoms with Gasteiger partial charge in [-0.05, 0) is 144 Å². The normalized spacial score (nSPS) is 14.1. The molecule has 0 fully saturated rings. The molecule has 3 aliphatic rings. The van der Waals surface area contributed by atoms with Gasteiger partial charge in [-0.25, -0.2) is 0 Å². The van der Waals surface area contributed by atoms with Crippen LogP contribution in [0.2, 0.25) is 0 Å². The molecule has 0 radical (unpaired) electrons. The minimum absolute atomic E-state index is 0.00473. The lowest BCUT2D eigenvalue weighted by Crippen LogP contribution is -2.58. The number of ether oxygens (including phenoxy) is 2. The highest BCUT2D eigenvalue weighted by Gasteiger charge is 2.38. The van der Waals surface area contributed by atoms with Crippen LogP contribution in [0.15, 0.2) is 182 Å². The molecule has 0 saturated carbocycles. The second kappa shape index (κ2) is 18.2. The maximum Gasteiger partial charge on any atom is 0.252 e. The summed E-state index contributed by atoms with van der Waals surface area (Å²) in [5, 5.41) is 5.38. The van der Waals surface area contributed by atoms with Crippen molar-refractivity contribution in [2.45, 2.75) is 73.1 Å². The maximum absolute atomic E-state index is 7.02. The van der Waals surface area contributed by atoms with Crippen molar-refractivity contribution < 1.29 is 9.47 Å². The van der Waals surface area contributed by atoms with Gasteiger partial charge in [0.1, 0.15) is 23.0 Å². The first-order valence-electron chi connectivity index (χ1n) is 24.0. The van der Waals surface area contributed by atoms with E-state index >= 15 is 0 Å². The number of benzene rings is 8. The number of allylic oxidation sites excluding steroid dienone is 4. The minimum atomic E-state index is -0.262. The van der Waals surface area contributed by atoms with Gasteiger partial charge in [-0.1, -0.05) is 171 Å². The summed E-state index contributed by atoms with van der Waals surface area (Å²) in [5.41, 5.74) is 15.3.